The predicted octanol–water partition coefficient (Wildman–Crippen LogP) is -1.45. The van der Waals surface area contributed by atoms with Crippen molar-refractivity contribution in [1.82, 2.24) is 0 Å². The molecule has 2 saturated heterocycles. The lowest BCUT2D eigenvalue weighted by molar-refractivity contribution is -0.369. The third kappa shape index (κ3) is 18.8. The Bertz CT molecular complexity index is 1830. The second-order valence-corrected chi connectivity index (χ2v) is 14.5. The molecule has 0 radical (unpaired) electrons. The summed E-state index contributed by atoms with van der Waals surface area (Å²) < 4.78 is 83.6. The highest BCUT2D eigenvalue weighted by Gasteiger charge is 2.59. The van der Waals surface area contributed by atoms with Crippen molar-refractivity contribution in [3.8, 4) is 0 Å². The van der Waals surface area contributed by atoms with Crippen LogP contribution in [0, 0.1) is 0 Å². The first-order valence-corrected chi connectivity index (χ1v) is 20.1. The molecule has 0 aromatic carbocycles. The highest BCUT2D eigenvalue weighted by Crippen LogP contribution is 2.37. The van der Waals surface area contributed by atoms with Gasteiger partial charge in [-0.25, -0.2) is 0 Å². The molecule has 0 aliphatic carbocycles. The van der Waals surface area contributed by atoms with Gasteiger partial charge in [-0.1, -0.05) is 0 Å². The molecule has 27 heteroatoms. The number of esters is 11. The van der Waals surface area contributed by atoms with Gasteiger partial charge in [0.05, 0.1) is 0 Å². The fourth-order valence-corrected chi connectivity index (χ4v) is 6.60. The maximum absolute atomic E-state index is 13.0. The summed E-state index contributed by atoms with van der Waals surface area (Å²) in [6, 6.07) is 0. The molecule has 0 amide bonds. The Balaban J connectivity index is 3.03. The highest BCUT2D eigenvalue weighted by molar-refractivity contribution is 5.72. The Hall–Kier alpha value is -6.32. The molecule has 14 atom stereocenters. The van der Waals surface area contributed by atoms with E-state index >= 15 is 0 Å². The third-order valence-corrected chi connectivity index (χ3v) is 8.70. The van der Waals surface area contributed by atoms with E-state index in [0.717, 1.165) is 76.2 Å². The number of carbonyl (C=O) groups excluding carboxylic acids is 12. The molecule has 2 heterocycles. The minimum atomic E-state index is -2.20. The summed E-state index contributed by atoms with van der Waals surface area (Å²) in [6.07, 6.45) is -27.3. The molecule has 2 rings (SSSR count). The van der Waals surface area contributed by atoms with Crippen LogP contribution in [0.15, 0.2) is 0 Å². The molecule has 0 unspecified atom stereocenters. The molecule has 376 valence electrons. The molecule has 2 aliphatic heterocycles. The van der Waals surface area contributed by atoms with Gasteiger partial charge in [-0.3, -0.25) is 57.5 Å². The van der Waals surface area contributed by atoms with Gasteiger partial charge < -0.3 is 71.1 Å². The minimum Gasteiger partial charge on any atom is -0.463 e. The summed E-state index contributed by atoms with van der Waals surface area (Å²) in [5, 5.41) is 0. The number of ether oxygens (including phenoxy) is 15. The van der Waals surface area contributed by atoms with Gasteiger partial charge in [0, 0.05) is 76.2 Å². The van der Waals surface area contributed by atoms with E-state index in [0.29, 0.717) is 0 Å². The number of hydrogen-bond acceptors (Lipinski definition) is 27. The Labute approximate surface area is 382 Å². The Morgan fingerprint density at radius 2 is 0.806 bits per heavy atom. The van der Waals surface area contributed by atoms with Crippen molar-refractivity contribution in [3.63, 3.8) is 0 Å². The van der Waals surface area contributed by atoms with Crippen LogP contribution in [0.4, 0.5) is 0 Å². The molecule has 67 heavy (non-hydrogen) atoms. The average molecular weight is 967 g/mol. The van der Waals surface area contributed by atoms with Crippen molar-refractivity contribution in [2.45, 2.75) is 162 Å². The van der Waals surface area contributed by atoms with E-state index in [1.165, 1.54) is 0 Å². The van der Waals surface area contributed by atoms with E-state index in [9.17, 15) is 57.5 Å². The second kappa shape index (κ2) is 26.7. The SMILES string of the molecule is CC(=O)OC[C@H]1O[C@@H](O[C@H]2[C@H](OC(C)=O)[C@@H](OC(C)=O)[C@H](O[C@@H]([C@H](OC(C)=O)[C@H](C=O)OC(C)=O)[C@@H](COC(C)=O)OC(C)=O)O[C@@H]2COC(C)=O)[C@H](OC(C)=O)[C@@H](OC(C)=O)[C@@H]1OC(C)=O. The first-order valence-electron chi connectivity index (χ1n) is 20.1. The van der Waals surface area contributed by atoms with Crippen LogP contribution in [0.3, 0.4) is 0 Å². The summed E-state index contributed by atoms with van der Waals surface area (Å²) in [5.41, 5.74) is 0. The zero-order valence-corrected chi connectivity index (χ0v) is 38.3. The van der Waals surface area contributed by atoms with Crippen LogP contribution < -0.4 is 0 Å². The van der Waals surface area contributed by atoms with E-state index in [2.05, 4.69) is 0 Å². The van der Waals surface area contributed by atoms with E-state index < -0.39 is 171 Å². The lowest BCUT2D eigenvalue weighted by atomic mass is 9.95. The van der Waals surface area contributed by atoms with Gasteiger partial charge in [-0.15, -0.1) is 0 Å². The van der Waals surface area contributed by atoms with Gasteiger partial charge in [-0.2, -0.15) is 0 Å². The summed E-state index contributed by atoms with van der Waals surface area (Å²) in [5.74, 6) is -11.4. The average Bonchev–Trinajstić information content (AvgIpc) is 3.18. The normalized spacial score (nSPS) is 26.2. The van der Waals surface area contributed by atoms with Crippen LogP contribution in [0.25, 0.3) is 0 Å². The van der Waals surface area contributed by atoms with Crippen LogP contribution in [0.2, 0.25) is 0 Å². The lowest BCUT2D eigenvalue weighted by Gasteiger charge is -2.49. The van der Waals surface area contributed by atoms with Crippen LogP contribution in [0.1, 0.15) is 76.2 Å². The Morgan fingerprint density at radius 1 is 0.418 bits per heavy atom. The fraction of sp³-hybridized carbons (Fsp3) is 0.700. The quantitative estimate of drug-likeness (QED) is 0.0680. The van der Waals surface area contributed by atoms with Crippen LogP contribution in [0.5, 0.6) is 0 Å². The second-order valence-electron chi connectivity index (χ2n) is 14.5. The molecule has 27 nitrogen and oxygen atoms in total. The van der Waals surface area contributed by atoms with Crippen molar-refractivity contribution in [2.24, 2.45) is 0 Å². The minimum absolute atomic E-state index is 0.00979. The van der Waals surface area contributed by atoms with Gasteiger partial charge in [0.2, 0.25) is 0 Å². The van der Waals surface area contributed by atoms with Crippen LogP contribution >= 0.6 is 0 Å². The number of hydrogen-bond donors (Lipinski definition) is 0. The number of rotatable bonds is 22. The Kier molecular flexibility index (Phi) is 22.7. The van der Waals surface area contributed by atoms with Crippen molar-refractivity contribution in [2.75, 3.05) is 19.8 Å². The van der Waals surface area contributed by atoms with Crippen molar-refractivity contribution >= 4 is 71.9 Å². The van der Waals surface area contributed by atoms with Gasteiger partial charge in [-0.05, 0) is 0 Å². The zero-order chi connectivity index (χ0) is 50.9. The van der Waals surface area contributed by atoms with E-state index in [1.54, 1.807) is 0 Å². The van der Waals surface area contributed by atoms with Crippen LogP contribution in [-0.4, -0.2) is 178 Å². The lowest BCUT2D eigenvalue weighted by Crippen LogP contribution is -2.68. The van der Waals surface area contributed by atoms with Gasteiger partial charge in [0.25, 0.3) is 0 Å². The molecule has 0 aromatic heterocycles. The topological polar surface area (TPSA) is 343 Å². The van der Waals surface area contributed by atoms with E-state index in [1.807, 2.05) is 0 Å². The predicted molar refractivity (Wildman–Crippen MR) is 207 cm³/mol. The largest absolute Gasteiger partial charge is 0.463 e. The molecule has 0 spiro atoms. The smallest absolute Gasteiger partial charge is 0.303 e. The molecule has 0 saturated carbocycles. The first-order chi connectivity index (χ1) is 31.2. The van der Waals surface area contributed by atoms with Gasteiger partial charge in [0.15, 0.2) is 67.7 Å². The highest BCUT2D eigenvalue weighted by atomic mass is 16.8. The van der Waals surface area contributed by atoms with Crippen molar-refractivity contribution < 1.29 is 129 Å². The van der Waals surface area contributed by atoms with Crippen LogP contribution in [-0.2, 0) is 129 Å². The van der Waals surface area contributed by atoms with E-state index in [4.69, 9.17) is 71.1 Å². The number of aldehydes is 1. The summed E-state index contributed by atoms with van der Waals surface area (Å²) in [6.45, 7) is 7.76. The molecule has 0 N–H and O–H groups in total. The molecular formula is C40H54O27. The standard InChI is InChI=1S/C40H54O27/c1-16(42)53-13-28(57-20(5)46)32(31(58-21(6)47)27(12-41)56-19(4)45)66-39-38(63-26(11)52)36(61-24(9)50)34(30(65-39)15-55-18(3)44)67-40-37(62-25(10)51)35(60-23(8)49)33(59-22(7)48)29(64-40)14-54-17(2)43/h12,27-40H,13-15H2,1-11H3/t27-,28+,29+,30+,31+,32+,33+,34+,35-,36-,37+,38+,39-,40-/m0/s1. The molecule has 0 aromatic rings. The summed E-state index contributed by atoms with van der Waals surface area (Å²) in [4.78, 5) is 149. The van der Waals surface area contributed by atoms with Gasteiger partial charge >= 0.3 is 65.7 Å². The fourth-order valence-electron chi connectivity index (χ4n) is 6.60. The summed E-state index contributed by atoms with van der Waals surface area (Å²) in [7, 11) is 0. The third-order valence-electron chi connectivity index (χ3n) is 8.70. The maximum atomic E-state index is 13.0. The van der Waals surface area contributed by atoms with Crippen molar-refractivity contribution in [1.29, 1.82) is 0 Å². The first kappa shape index (κ1) is 56.8. The molecule has 2 fully saturated rings. The summed E-state index contributed by atoms with van der Waals surface area (Å²) >= 11 is 0. The molecule has 2 aliphatic rings. The number of carbonyl (C=O) groups is 12. The van der Waals surface area contributed by atoms with Crippen molar-refractivity contribution in [3.05, 3.63) is 0 Å². The van der Waals surface area contributed by atoms with E-state index in [-0.39, 0.29) is 6.29 Å². The zero-order valence-electron chi connectivity index (χ0n) is 38.3. The molecular weight excluding hydrogens is 912 g/mol. The maximum Gasteiger partial charge on any atom is 0.303 e. The monoisotopic (exact) mass is 966 g/mol. The molecule has 0 bridgehead atoms. The Morgan fingerprint density at radius 3 is 1.22 bits per heavy atom. The van der Waals surface area contributed by atoms with Gasteiger partial charge in [0.1, 0.15) is 44.2 Å².